The minimum Gasteiger partial charge on any atom is -0.352 e. The van der Waals surface area contributed by atoms with Crippen molar-refractivity contribution in [2.45, 2.75) is 26.8 Å². The number of nitrogens with zero attached hydrogens (tertiary/aromatic N) is 3. The highest BCUT2D eigenvalue weighted by molar-refractivity contribution is 5.61. The van der Waals surface area contributed by atoms with Crippen LogP contribution in [-0.2, 0) is 13.0 Å². The van der Waals surface area contributed by atoms with Gasteiger partial charge < -0.3 is 10.2 Å². The van der Waals surface area contributed by atoms with Crippen molar-refractivity contribution in [3.63, 3.8) is 0 Å². The third-order valence-electron chi connectivity index (χ3n) is 4.95. The summed E-state index contributed by atoms with van der Waals surface area (Å²) < 4.78 is 0. The van der Waals surface area contributed by atoms with Crippen LogP contribution in [0.2, 0.25) is 0 Å². The second kappa shape index (κ2) is 6.55. The van der Waals surface area contributed by atoms with Crippen LogP contribution >= 0.6 is 0 Å². The van der Waals surface area contributed by atoms with E-state index < -0.39 is 0 Å². The van der Waals surface area contributed by atoms with E-state index in [2.05, 4.69) is 71.5 Å². The first kappa shape index (κ1) is 15.6. The largest absolute Gasteiger partial charge is 0.352 e. The van der Waals surface area contributed by atoms with Crippen molar-refractivity contribution in [1.29, 1.82) is 0 Å². The Balaban J connectivity index is 1.57. The molecule has 2 heterocycles. The van der Waals surface area contributed by atoms with Gasteiger partial charge in [0.25, 0.3) is 0 Å². The fraction of sp³-hybridized carbons (Fsp3) is 0.238. The molecule has 0 radical (unpaired) electrons. The summed E-state index contributed by atoms with van der Waals surface area (Å²) in [6, 6.07) is 16.9. The second-order valence-corrected chi connectivity index (χ2v) is 6.55. The maximum Gasteiger partial charge on any atom is 0.229 e. The fourth-order valence-corrected chi connectivity index (χ4v) is 3.28. The molecule has 126 valence electrons. The van der Waals surface area contributed by atoms with E-state index in [0.29, 0.717) is 5.95 Å². The van der Waals surface area contributed by atoms with Gasteiger partial charge >= 0.3 is 0 Å². The van der Waals surface area contributed by atoms with Crippen molar-refractivity contribution in [2.75, 3.05) is 16.8 Å². The molecule has 4 heteroatoms. The van der Waals surface area contributed by atoms with Crippen LogP contribution in [0.5, 0.6) is 0 Å². The van der Waals surface area contributed by atoms with Gasteiger partial charge in [0.15, 0.2) is 0 Å². The summed E-state index contributed by atoms with van der Waals surface area (Å²) in [5.41, 5.74) is 6.37. The molecular weight excluding hydrogens is 308 g/mol. The SMILES string of the molecule is Cc1cccc(Nc2nccc(N3CCc4ccccc4C3)n2)c1C. The highest BCUT2D eigenvalue weighted by atomic mass is 15.2. The van der Waals surface area contributed by atoms with E-state index in [1.54, 1.807) is 0 Å². The van der Waals surface area contributed by atoms with Crippen LogP contribution < -0.4 is 10.2 Å². The van der Waals surface area contributed by atoms with Crippen LogP contribution in [0.25, 0.3) is 0 Å². The lowest BCUT2D eigenvalue weighted by atomic mass is 10.00. The summed E-state index contributed by atoms with van der Waals surface area (Å²) in [4.78, 5) is 11.5. The van der Waals surface area contributed by atoms with Crippen molar-refractivity contribution < 1.29 is 0 Å². The maximum absolute atomic E-state index is 4.74. The summed E-state index contributed by atoms with van der Waals surface area (Å²) in [5, 5.41) is 3.36. The monoisotopic (exact) mass is 330 g/mol. The third-order valence-corrected chi connectivity index (χ3v) is 4.95. The molecule has 4 rings (SSSR count). The predicted octanol–water partition coefficient (Wildman–Crippen LogP) is 4.40. The number of hydrogen-bond acceptors (Lipinski definition) is 4. The molecule has 0 unspecified atom stereocenters. The van der Waals surface area contributed by atoms with Gasteiger partial charge in [-0.25, -0.2) is 4.98 Å². The zero-order valence-electron chi connectivity index (χ0n) is 14.7. The average Bonchev–Trinajstić information content (AvgIpc) is 2.65. The van der Waals surface area contributed by atoms with E-state index in [1.807, 2.05) is 12.3 Å². The molecule has 0 fully saturated rings. The first-order valence-electron chi connectivity index (χ1n) is 8.69. The Kier molecular flexibility index (Phi) is 4.10. The molecule has 0 saturated heterocycles. The Hall–Kier alpha value is -2.88. The molecule has 0 spiro atoms. The Morgan fingerprint density at radius 2 is 1.80 bits per heavy atom. The lowest BCUT2D eigenvalue weighted by molar-refractivity contribution is 0.720. The van der Waals surface area contributed by atoms with Crippen molar-refractivity contribution in [2.24, 2.45) is 0 Å². The first-order valence-corrected chi connectivity index (χ1v) is 8.69. The normalized spacial score (nSPS) is 13.4. The van der Waals surface area contributed by atoms with Gasteiger partial charge in [0.1, 0.15) is 5.82 Å². The number of benzene rings is 2. The van der Waals surface area contributed by atoms with Crippen LogP contribution in [-0.4, -0.2) is 16.5 Å². The first-order chi connectivity index (χ1) is 12.2. The second-order valence-electron chi connectivity index (χ2n) is 6.55. The van der Waals surface area contributed by atoms with Crippen LogP contribution in [0, 0.1) is 13.8 Å². The number of rotatable bonds is 3. The summed E-state index contributed by atoms with van der Waals surface area (Å²) in [5.74, 6) is 1.61. The zero-order valence-corrected chi connectivity index (χ0v) is 14.7. The topological polar surface area (TPSA) is 41.1 Å². The molecule has 1 aliphatic rings. The number of nitrogens with one attached hydrogen (secondary N) is 1. The molecule has 1 aliphatic heterocycles. The minimum absolute atomic E-state index is 0.644. The van der Waals surface area contributed by atoms with Gasteiger partial charge in [0.05, 0.1) is 0 Å². The maximum atomic E-state index is 4.74. The van der Waals surface area contributed by atoms with Crippen molar-refractivity contribution in [3.05, 3.63) is 77.0 Å². The van der Waals surface area contributed by atoms with Crippen molar-refractivity contribution >= 4 is 17.5 Å². The highest BCUT2D eigenvalue weighted by Gasteiger charge is 2.17. The number of fused-ring (bicyclic) bond motifs is 1. The van der Waals surface area contributed by atoms with Crippen molar-refractivity contribution in [1.82, 2.24) is 9.97 Å². The van der Waals surface area contributed by atoms with E-state index in [-0.39, 0.29) is 0 Å². The van der Waals surface area contributed by atoms with Gasteiger partial charge in [-0.3, -0.25) is 0 Å². The molecule has 0 saturated carbocycles. The van der Waals surface area contributed by atoms with Crippen LogP contribution in [0.1, 0.15) is 22.3 Å². The molecule has 1 aromatic heterocycles. The number of anilines is 3. The minimum atomic E-state index is 0.644. The molecule has 0 atom stereocenters. The molecule has 3 aromatic rings. The Bertz CT molecular complexity index is 904. The Morgan fingerprint density at radius 3 is 2.68 bits per heavy atom. The van der Waals surface area contributed by atoms with E-state index in [9.17, 15) is 0 Å². The molecule has 0 aliphatic carbocycles. The van der Waals surface area contributed by atoms with Crippen LogP contribution in [0.15, 0.2) is 54.7 Å². The van der Waals surface area contributed by atoms with E-state index in [1.165, 1.54) is 22.3 Å². The Labute approximate surface area is 148 Å². The smallest absolute Gasteiger partial charge is 0.229 e. The average molecular weight is 330 g/mol. The third kappa shape index (κ3) is 3.20. The van der Waals surface area contributed by atoms with E-state index in [4.69, 9.17) is 4.98 Å². The summed E-state index contributed by atoms with van der Waals surface area (Å²) >= 11 is 0. The molecule has 0 amide bonds. The molecular formula is C21H22N4. The van der Waals surface area contributed by atoms with E-state index >= 15 is 0 Å². The number of aryl methyl sites for hydroxylation is 1. The standard InChI is InChI=1S/C21H22N4/c1-15-6-5-9-19(16(15)2)23-21-22-12-10-20(24-21)25-13-11-17-7-3-4-8-18(17)14-25/h3-10,12H,11,13-14H2,1-2H3,(H,22,23,24). The highest BCUT2D eigenvalue weighted by Crippen LogP contribution is 2.25. The summed E-state index contributed by atoms with van der Waals surface area (Å²) in [6.07, 6.45) is 2.89. The lowest BCUT2D eigenvalue weighted by Gasteiger charge is -2.29. The molecule has 2 aromatic carbocycles. The summed E-state index contributed by atoms with van der Waals surface area (Å²) in [6.45, 7) is 6.11. The Morgan fingerprint density at radius 1 is 0.960 bits per heavy atom. The predicted molar refractivity (Wildman–Crippen MR) is 102 cm³/mol. The van der Waals surface area contributed by atoms with Gasteiger partial charge in [-0.15, -0.1) is 0 Å². The zero-order chi connectivity index (χ0) is 17.2. The molecule has 0 bridgehead atoms. The van der Waals surface area contributed by atoms with Gasteiger partial charge in [0.2, 0.25) is 5.95 Å². The quantitative estimate of drug-likeness (QED) is 0.773. The number of aromatic nitrogens is 2. The number of hydrogen-bond donors (Lipinski definition) is 1. The van der Waals surface area contributed by atoms with Gasteiger partial charge in [-0.1, -0.05) is 36.4 Å². The summed E-state index contributed by atoms with van der Waals surface area (Å²) in [7, 11) is 0. The van der Waals surface area contributed by atoms with E-state index in [0.717, 1.165) is 31.0 Å². The van der Waals surface area contributed by atoms with Gasteiger partial charge in [-0.05, 0) is 54.7 Å². The fourth-order valence-electron chi connectivity index (χ4n) is 3.28. The lowest BCUT2D eigenvalue weighted by Crippen LogP contribution is -2.31. The molecule has 4 nitrogen and oxygen atoms in total. The van der Waals surface area contributed by atoms with Crippen LogP contribution in [0.3, 0.4) is 0 Å². The molecule has 1 N–H and O–H groups in total. The van der Waals surface area contributed by atoms with Gasteiger partial charge in [-0.2, -0.15) is 4.98 Å². The van der Waals surface area contributed by atoms with Crippen molar-refractivity contribution in [3.8, 4) is 0 Å². The van der Waals surface area contributed by atoms with Gasteiger partial charge in [0, 0.05) is 25.0 Å². The molecule has 25 heavy (non-hydrogen) atoms. The van der Waals surface area contributed by atoms with Crippen LogP contribution in [0.4, 0.5) is 17.5 Å².